The molecule has 2 fully saturated rings. The second-order valence-electron chi connectivity index (χ2n) is 12.0. The van der Waals surface area contributed by atoms with Gasteiger partial charge >= 0.3 is 0 Å². The van der Waals surface area contributed by atoms with Gasteiger partial charge in [-0.1, -0.05) is 51.5 Å². The number of nitrogens with zero attached hydrogens (tertiary/aromatic N) is 2. The zero-order valence-electron chi connectivity index (χ0n) is 22.6. The van der Waals surface area contributed by atoms with E-state index in [1.54, 1.807) is 0 Å². The van der Waals surface area contributed by atoms with Gasteiger partial charge in [0.25, 0.3) is 11.8 Å². The third-order valence-electron chi connectivity index (χ3n) is 8.94. The van der Waals surface area contributed by atoms with Crippen molar-refractivity contribution in [1.29, 1.82) is 0 Å². The van der Waals surface area contributed by atoms with Crippen molar-refractivity contribution in [3.63, 3.8) is 0 Å². The zero-order valence-corrected chi connectivity index (χ0v) is 22.6. The number of rotatable bonds is 8. The number of aliphatic hydroxyl groups excluding tert-OH is 1. The lowest BCUT2D eigenvalue weighted by Gasteiger charge is -2.38. The molecule has 5 rings (SSSR count). The summed E-state index contributed by atoms with van der Waals surface area (Å²) in [5.74, 6) is 1.79. The van der Waals surface area contributed by atoms with Crippen LogP contribution in [0.15, 0.2) is 36.4 Å². The van der Waals surface area contributed by atoms with Gasteiger partial charge in [0.1, 0.15) is 0 Å². The van der Waals surface area contributed by atoms with Gasteiger partial charge in [-0.25, -0.2) is 0 Å². The number of carbonyl (C=O) groups is 2. The first-order valence-electron chi connectivity index (χ1n) is 14.2. The average molecular weight is 507 g/mol. The summed E-state index contributed by atoms with van der Waals surface area (Å²) in [6, 6.07) is 11.3. The molecule has 4 atom stereocenters. The van der Waals surface area contributed by atoms with E-state index in [4.69, 9.17) is 4.74 Å². The molecule has 2 aliphatic heterocycles. The van der Waals surface area contributed by atoms with E-state index >= 15 is 0 Å². The van der Waals surface area contributed by atoms with Gasteiger partial charge in [-0.15, -0.1) is 0 Å². The highest BCUT2D eigenvalue weighted by Gasteiger charge is 2.35. The first-order valence-corrected chi connectivity index (χ1v) is 14.2. The number of aliphatic hydroxyl groups is 1. The third kappa shape index (κ3) is 5.62. The highest BCUT2D eigenvalue weighted by Crippen LogP contribution is 2.35. The Morgan fingerprint density at radius 1 is 0.973 bits per heavy atom. The molecule has 1 aliphatic carbocycles. The average Bonchev–Trinajstić information content (AvgIpc) is 2.89. The van der Waals surface area contributed by atoms with E-state index in [9.17, 15) is 14.7 Å². The van der Waals surface area contributed by atoms with Gasteiger partial charge in [0, 0.05) is 29.6 Å². The van der Waals surface area contributed by atoms with Crippen LogP contribution in [0.25, 0.3) is 10.8 Å². The van der Waals surface area contributed by atoms with E-state index in [0.29, 0.717) is 48.6 Å². The minimum absolute atomic E-state index is 0.180. The molecule has 0 aromatic heterocycles. The summed E-state index contributed by atoms with van der Waals surface area (Å²) >= 11 is 0. The van der Waals surface area contributed by atoms with Crippen LogP contribution in [0.5, 0.6) is 0 Å². The number of likely N-dealkylation sites (tertiary alicyclic amines) is 1. The van der Waals surface area contributed by atoms with Crippen LogP contribution in [0.2, 0.25) is 0 Å². The van der Waals surface area contributed by atoms with Gasteiger partial charge in [-0.2, -0.15) is 0 Å². The Labute approximate surface area is 221 Å². The Hall–Kier alpha value is -2.28. The van der Waals surface area contributed by atoms with Gasteiger partial charge in [-0.3, -0.25) is 14.5 Å². The summed E-state index contributed by atoms with van der Waals surface area (Å²) in [5.41, 5.74) is 1.25. The summed E-state index contributed by atoms with van der Waals surface area (Å²) in [7, 11) is 0. The predicted molar refractivity (Wildman–Crippen MR) is 146 cm³/mol. The topological polar surface area (TPSA) is 70.1 Å². The molecular weight excluding hydrogens is 464 g/mol. The van der Waals surface area contributed by atoms with Crippen molar-refractivity contribution in [3.8, 4) is 0 Å². The fourth-order valence-corrected chi connectivity index (χ4v) is 6.75. The number of ether oxygens (including phenoxy) is 1. The maximum Gasteiger partial charge on any atom is 0.261 e. The van der Waals surface area contributed by atoms with E-state index in [1.165, 1.54) is 17.7 Å². The van der Waals surface area contributed by atoms with Gasteiger partial charge in [0.15, 0.2) is 0 Å². The monoisotopic (exact) mass is 506 g/mol. The van der Waals surface area contributed by atoms with Crippen LogP contribution in [0.4, 0.5) is 0 Å². The highest BCUT2D eigenvalue weighted by atomic mass is 16.5. The lowest BCUT2D eigenvalue weighted by atomic mass is 9.75. The molecule has 2 aromatic carbocycles. The first kappa shape index (κ1) is 26.3. The molecule has 6 nitrogen and oxygen atoms in total. The molecule has 0 unspecified atom stereocenters. The molecular formula is C31H42N2O4. The molecule has 200 valence electrons. The molecule has 0 spiro atoms. The molecule has 0 radical (unpaired) electrons. The second kappa shape index (κ2) is 11.2. The largest absolute Gasteiger partial charge is 0.389 e. The van der Waals surface area contributed by atoms with Crippen molar-refractivity contribution in [2.75, 3.05) is 32.8 Å². The second-order valence-corrected chi connectivity index (χ2v) is 12.0. The van der Waals surface area contributed by atoms with Crippen LogP contribution in [-0.4, -0.2) is 71.7 Å². The van der Waals surface area contributed by atoms with Crippen molar-refractivity contribution >= 4 is 22.6 Å². The number of benzene rings is 2. The van der Waals surface area contributed by atoms with Crippen molar-refractivity contribution in [1.82, 2.24) is 9.80 Å². The van der Waals surface area contributed by atoms with E-state index < -0.39 is 6.10 Å². The van der Waals surface area contributed by atoms with Crippen molar-refractivity contribution < 1.29 is 19.4 Å². The minimum atomic E-state index is -0.496. The quantitative estimate of drug-likeness (QED) is 0.511. The fourth-order valence-electron chi connectivity index (χ4n) is 6.75. The van der Waals surface area contributed by atoms with Crippen molar-refractivity contribution in [2.45, 2.75) is 65.1 Å². The number of imide groups is 1. The smallest absolute Gasteiger partial charge is 0.261 e. The standard InChI is InChI=1S/C31H42N2O4/c1-20(2)25-11-10-21(3)16-28(25)37-19-24(34)18-32-14-12-22(13-15-32)17-33-30(35)26-8-4-6-23-7-5-9-27(29(23)26)31(33)36/h4-9,20-22,24-25,28,34H,10-19H2,1-3H3/t21-,24-,25-,28+/m1/s1. The van der Waals surface area contributed by atoms with Crippen LogP contribution in [0, 0.1) is 23.7 Å². The van der Waals surface area contributed by atoms with E-state index in [0.717, 1.165) is 43.1 Å². The molecule has 2 heterocycles. The molecule has 0 bridgehead atoms. The number of hydrogen-bond donors (Lipinski definition) is 1. The van der Waals surface area contributed by atoms with Gasteiger partial charge in [0.2, 0.25) is 0 Å². The van der Waals surface area contributed by atoms with E-state index in [2.05, 4.69) is 25.7 Å². The van der Waals surface area contributed by atoms with E-state index in [-0.39, 0.29) is 23.8 Å². The Balaban J connectivity index is 1.11. The lowest BCUT2D eigenvalue weighted by Crippen LogP contribution is -2.46. The van der Waals surface area contributed by atoms with Crippen LogP contribution >= 0.6 is 0 Å². The maximum atomic E-state index is 13.2. The number of piperidine rings is 1. The first-order chi connectivity index (χ1) is 17.8. The third-order valence-corrected chi connectivity index (χ3v) is 8.94. The van der Waals surface area contributed by atoms with E-state index in [1.807, 2.05) is 36.4 Å². The highest BCUT2D eigenvalue weighted by molar-refractivity contribution is 6.25. The van der Waals surface area contributed by atoms with Crippen LogP contribution < -0.4 is 0 Å². The van der Waals surface area contributed by atoms with Gasteiger partial charge in [0.05, 0.1) is 18.8 Å². The van der Waals surface area contributed by atoms with Crippen molar-refractivity contribution in [3.05, 3.63) is 47.5 Å². The molecule has 1 saturated carbocycles. The summed E-state index contributed by atoms with van der Waals surface area (Å²) in [4.78, 5) is 30.2. The minimum Gasteiger partial charge on any atom is -0.389 e. The maximum absolute atomic E-state index is 13.2. The summed E-state index contributed by atoms with van der Waals surface area (Å²) < 4.78 is 6.27. The normalized spacial score (nSPS) is 26.3. The number of carbonyl (C=O) groups excluding carboxylic acids is 2. The van der Waals surface area contributed by atoms with Gasteiger partial charge < -0.3 is 14.7 Å². The van der Waals surface area contributed by atoms with Gasteiger partial charge in [-0.05, 0) is 80.0 Å². The fraction of sp³-hybridized carbons (Fsp3) is 0.613. The summed E-state index contributed by atoms with van der Waals surface area (Å²) in [6.07, 6.45) is 5.15. The Kier molecular flexibility index (Phi) is 7.99. The van der Waals surface area contributed by atoms with Crippen LogP contribution in [0.3, 0.4) is 0 Å². The molecule has 1 N–H and O–H groups in total. The number of hydrogen-bond acceptors (Lipinski definition) is 5. The Morgan fingerprint density at radius 2 is 1.62 bits per heavy atom. The molecule has 37 heavy (non-hydrogen) atoms. The Morgan fingerprint density at radius 3 is 2.24 bits per heavy atom. The SMILES string of the molecule is CC(C)[C@H]1CC[C@@H](C)C[C@@H]1OC[C@H](O)CN1CCC(CN2C(=O)c3cccc4cccc(c34)C2=O)CC1. The number of β-amino-alcohol motifs (C(OH)–C–C–N with tert-alkyl or cyclic N) is 1. The molecule has 2 aromatic rings. The Bertz CT molecular complexity index is 1070. The molecule has 2 amide bonds. The summed E-state index contributed by atoms with van der Waals surface area (Å²) in [6.45, 7) is 10.0. The molecule has 6 heteroatoms. The lowest BCUT2D eigenvalue weighted by molar-refractivity contribution is -0.0750. The number of amides is 2. The van der Waals surface area contributed by atoms with Crippen LogP contribution in [-0.2, 0) is 4.74 Å². The molecule has 3 aliphatic rings. The zero-order chi connectivity index (χ0) is 26.1. The van der Waals surface area contributed by atoms with Crippen molar-refractivity contribution in [2.24, 2.45) is 23.7 Å². The summed E-state index contributed by atoms with van der Waals surface area (Å²) in [5, 5.41) is 12.4. The van der Waals surface area contributed by atoms with Crippen LogP contribution in [0.1, 0.15) is 73.6 Å². The predicted octanol–water partition coefficient (Wildman–Crippen LogP) is 4.99. The molecule has 1 saturated heterocycles.